The third-order valence-electron chi connectivity index (χ3n) is 2.66. The molecule has 0 aliphatic rings. The molecule has 0 radical (unpaired) electrons. The highest BCUT2D eigenvalue weighted by molar-refractivity contribution is 6.04. The van der Waals surface area contributed by atoms with Gasteiger partial charge in [0.1, 0.15) is 0 Å². The van der Waals surface area contributed by atoms with Crippen molar-refractivity contribution < 1.29 is 33.9 Å². The summed E-state index contributed by atoms with van der Waals surface area (Å²) in [6, 6.07) is 2.76. The minimum Gasteiger partial charge on any atom is -0.478 e. The Morgan fingerprint density at radius 2 is 1.71 bits per heavy atom. The van der Waals surface area contributed by atoms with E-state index in [1.807, 2.05) is 0 Å². The van der Waals surface area contributed by atoms with Gasteiger partial charge in [-0.2, -0.15) is 0 Å². The third kappa shape index (κ3) is 3.32. The van der Waals surface area contributed by atoms with E-state index < -0.39 is 40.0 Å². The van der Waals surface area contributed by atoms with Crippen LogP contribution in [0.1, 0.15) is 21.8 Å². The monoisotopic (exact) mass is 297 g/mol. The number of carboxylic acids is 1. The minimum atomic E-state index is -1.63. The number of carboxylic acid groups (broad SMARTS) is 1. The minimum absolute atomic E-state index is 0.244. The molecular weight excluding hydrogens is 286 g/mol. The molecule has 0 aromatic heterocycles. The van der Waals surface area contributed by atoms with Crippen LogP contribution in [0, 0.1) is 10.1 Å². The summed E-state index contributed by atoms with van der Waals surface area (Å²) in [4.78, 5) is 44.4. The van der Waals surface area contributed by atoms with Gasteiger partial charge in [0.05, 0.1) is 24.7 Å². The normalized spacial score (nSPS) is 10.0. The van der Waals surface area contributed by atoms with Crippen LogP contribution < -0.4 is 0 Å². The average molecular weight is 297 g/mol. The van der Waals surface area contributed by atoms with E-state index in [0.717, 1.165) is 32.4 Å². The van der Waals surface area contributed by atoms with Crippen molar-refractivity contribution in [3.05, 3.63) is 39.4 Å². The number of esters is 2. The maximum absolute atomic E-state index is 11.7. The van der Waals surface area contributed by atoms with Crippen molar-refractivity contribution in [2.75, 3.05) is 14.2 Å². The van der Waals surface area contributed by atoms with Gasteiger partial charge < -0.3 is 14.6 Å². The van der Waals surface area contributed by atoms with Crippen LogP contribution in [0.5, 0.6) is 0 Å². The molecule has 21 heavy (non-hydrogen) atoms. The van der Waals surface area contributed by atoms with Crippen molar-refractivity contribution in [2.45, 2.75) is 5.92 Å². The number of carbonyl (C=O) groups excluding carboxylic acids is 2. The third-order valence-corrected chi connectivity index (χ3v) is 2.66. The zero-order valence-electron chi connectivity index (χ0n) is 11.1. The van der Waals surface area contributed by atoms with E-state index in [2.05, 4.69) is 9.47 Å². The van der Waals surface area contributed by atoms with Crippen molar-refractivity contribution in [1.82, 2.24) is 0 Å². The number of benzene rings is 1. The zero-order valence-corrected chi connectivity index (χ0v) is 11.1. The molecule has 0 amide bonds. The lowest BCUT2D eigenvalue weighted by molar-refractivity contribution is -0.384. The number of ether oxygens (including phenoxy) is 2. The van der Waals surface area contributed by atoms with Gasteiger partial charge in [0.15, 0.2) is 5.92 Å². The summed E-state index contributed by atoms with van der Waals surface area (Å²) in [7, 11) is 2.04. The molecule has 0 atom stereocenters. The number of hydrogen-bond donors (Lipinski definition) is 1. The Balaban J connectivity index is 3.50. The first kappa shape index (κ1) is 16.1. The summed E-state index contributed by atoms with van der Waals surface area (Å²) in [5, 5.41) is 19.8. The number of hydrogen-bond acceptors (Lipinski definition) is 7. The molecule has 0 aliphatic carbocycles. The first-order valence-corrected chi connectivity index (χ1v) is 5.50. The van der Waals surface area contributed by atoms with Gasteiger partial charge in [0.2, 0.25) is 0 Å². The number of non-ortho nitro benzene ring substituents is 1. The molecule has 0 heterocycles. The van der Waals surface area contributed by atoms with Crippen LogP contribution in [0.25, 0.3) is 0 Å². The molecule has 0 unspecified atom stereocenters. The second-order valence-electron chi connectivity index (χ2n) is 3.81. The van der Waals surface area contributed by atoms with E-state index in [0.29, 0.717) is 0 Å². The number of rotatable bonds is 5. The van der Waals surface area contributed by atoms with Gasteiger partial charge in [-0.1, -0.05) is 0 Å². The maximum atomic E-state index is 11.7. The molecule has 9 heteroatoms. The highest BCUT2D eigenvalue weighted by Crippen LogP contribution is 2.27. The van der Waals surface area contributed by atoms with Gasteiger partial charge in [0, 0.05) is 12.1 Å². The summed E-state index contributed by atoms with van der Waals surface area (Å²) >= 11 is 0. The van der Waals surface area contributed by atoms with E-state index in [4.69, 9.17) is 5.11 Å². The lowest BCUT2D eigenvalue weighted by Crippen LogP contribution is -2.26. The fourth-order valence-electron chi connectivity index (χ4n) is 1.68. The van der Waals surface area contributed by atoms with Crippen LogP contribution in [0.15, 0.2) is 18.2 Å². The molecular formula is C12H11NO8. The number of nitro benzene ring substituents is 1. The predicted molar refractivity (Wildman–Crippen MR) is 66.8 cm³/mol. The highest BCUT2D eigenvalue weighted by Gasteiger charge is 2.34. The second kappa shape index (κ2) is 6.46. The second-order valence-corrected chi connectivity index (χ2v) is 3.81. The molecule has 9 nitrogen and oxygen atoms in total. The summed E-state index contributed by atoms with van der Waals surface area (Å²) in [5.74, 6) is -5.21. The van der Waals surface area contributed by atoms with Crippen molar-refractivity contribution in [3.8, 4) is 0 Å². The lowest BCUT2D eigenvalue weighted by atomic mass is 9.93. The van der Waals surface area contributed by atoms with Crippen LogP contribution in [0.2, 0.25) is 0 Å². The van der Waals surface area contributed by atoms with Crippen molar-refractivity contribution >= 4 is 23.6 Å². The summed E-state index contributed by atoms with van der Waals surface area (Å²) in [6.45, 7) is 0. The van der Waals surface area contributed by atoms with E-state index in [-0.39, 0.29) is 5.56 Å². The SMILES string of the molecule is COC(=O)C(C(=O)OC)c1ccc([N+](=O)[O-])cc1C(=O)O. The molecule has 1 aromatic rings. The standard InChI is InChI=1S/C12H11NO8/c1-20-11(16)9(12(17)21-2)7-4-3-6(13(18)19)5-8(7)10(14)15/h3-5,9H,1-2H3,(H,14,15). The Morgan fingerprint density at radius 1 is 1.19 bits per heavy atom. The zero-order chi connectivity index (χ0) is 16.2. The molecule has 1 aromatic carbocycles. The average Bonchev–Trinajstić information content (AvgIpc) is 2.46. The van der Waals surface area contributed by atoms with Crippen LogP contribution >= 0.6 is 0 Å². The molecule has 0 aliphatic heterocycles. The van der Waals surface area contributed by atoms with Crippen LogP contribution in [-0.4, -0.2) is 42.2 Å². The van der Waals surface area contributed by atoms with Gasteiger partial charge in [-0.25, -0.2) is 4.79 Å². The molecule has 0 spiro atoms. The Labute approximate surface area is 118 Å². The number of carbonyl (C=O) groups is 3. The van der Waals surface area contributed by atoms with Gasteiger partial charge in [-0.05, 0) is 11.6 Å². The van der Waals surface area contributed by atoms with E-state index in [9.17, 15) is 24.5 Å². The topological polar surface area (TPSA) is 133 Å². The molecule has 0 fully saturated rings. The summed E-state index contributed by atoms with van der Waals surface area (Å²) in [6.07, 6.45) is 0. The number of methoxy groups -OCH3 is 2. The summed E-state index contributed by atoms with van der Waals surface area (Å²) in [5.41, 5.74) is -1.28. The predicted octanol–water partition coefficient (Wildman–Crippen LogP) is 0.723. The quantitative estimate of drug-likeness (QED) is 0.364. The van der Waals surface area contributed by atoms with Gasteiger partial charge in [0.25, 0.3) is 5.69 Å². The van der Waals surface area contributed by atoms with Crippen LogP contribution in [0.4, 0.5) is 5.69 Å². The molecule has 0 saturated carbocycles. The Bertz CT molecular complexity index is 593. The van der Waals surface area contributed by atoms with Crippen LogP contribution in [-0.2, 0) is 19.1 Å². The maximum Gasteiger partial charge on any atom is 0.336 e. The smallest absolute Gasteiger partial charge is 0.336 e. The number of nitro groups is 1. The van der Waals surface area contributed by atoms with E-state index in [1.54, 1.807) is 0 Å². The Kier molecular flexibility index (Phi) is 4.95. The number of nitrogens with zero attached hydrogens (tertiary/aromatic N) is 1. The van der Waals surface area contributed by atoms with Crippen molar-refractivity contribution in [3.63, 3.8) is 0 Å². The summed E-state index contributed by atoms with van der Waals surface area (Å²) < 4.78 is 8.87. The molecule has 1 N–H and O–H groups in total. The first-order chi connectivity index (χ1) is 9.83. The van der Waals surface area contributed by atoms with Crippen molar-refractivity contribution in [2.24, 2.45) is 0 Å². The molecule has 1 rings (SSSR count). The van der Waals surface area contributed by atoms with Gasteiger partial charge >= 0.3 is 17.9 Å². The number of aromatic carboxylic acids is 1. The van der Waals surface area contributed by atoms with E-state index in [1.165, 1.54) is 0 Å². The lowest BCUT2D eigenvalue weighted by Gasteiger charge is -2.14. The van der Waals surface area contributed by atoms with Gasteiger partial charge in [-0.3, -0.25) is 19.7 Å². The highest BCUT2D eigenvalue weighted by atomic mass is 16.6. The molecule has 0 bridgehead atoms. The fourth-order valence-corrected chi connectivity index (χ4v) is 1.68. The van der Waals surface area contributed by atoms with E-state index >= 15 is 0 Å². The Hall–Kier alpha value is -2.97. The van der Waals surface area contributed by atoms with Gasteiger partial charge in [-0.15, -0.1) is 0 Å². The molecule has 0 saturated heterocycles. The van der Waals surface area contributed by atoms with Crippen molar-refractivity contribution in [1.29, 1.82) is 0 Å². The largest absolute Gasteiger partial charge is 0.478 e. The van der Waals surface area contributed by atoms with Crippen LogP contribution in [0.3, 0.4) is 0 Å². The molecule has 112 valence electrons. The fraction of sp³-hybridized carbons (Fsp3) is 0.250. The Morgan fingerprint density at radius 3 is 2.10 bits per heavy atom. The first-order valence-electron chi connectivity index (χ1n) is 5.50.